The molecule has 1 saturated heterocycles. The Balaban J connectivity index is 1.27. The summed E-state index contributed by atoms with van der Waals surface area (Å²) in [5.41, 5.74) is 0. The molecule has 0 aliphatic carbocycles. The summed E-state index contributed by atoms with van der Waals surface area (Å²) < 4.78 is 0. The minimum Gasteiger partial charge on any atom is -0.300 e. The Bertz CT molecular complexity index is 515. The van der Waals surface area contributed by atoms with E-state index in [4.69, 9.17) is 0 Å². The molecular formula is C20H26N2S2. The molecule has 0 bridgehead atoms. The van der Waals surface area contributed by atoms with Crippen LogP contribution in [0.5, 0.6) is 0 Å². The predicted octanol–water partition coefficient (Wildman–Crippen LogP) is 4.19. The molecule has 0 spiro atoms. The van der Waals surface area contributed by atoms with E-state index in [0.29, 0.717) is 0 Å². The van der Waals surface area contributed by atoms with Crippen molar-refractivity contribution in [1.82, 2.24) is 9.80 Å². The smallest absolute Gasteiger partial charge is 0.0110 e. The van der Waals surface area contributed by atoms with E-state index in [1.165, 1.54) is 60.6 Å². The van der Waals surface area contributed by atoms with Crippen LogP contribution in [0, 0.1) is 0 Å². The number of rotatable bonds is 8. The Labute approximate surface area is 154 Å². The number of nitrogens with zero attached hydrogens (tertiary/aromatic N) is 2. The topological polar surface area (TPSA) is 6.48 Å². The minimum atomic E-state index is 1.19. The molecule has 0 saturated carbocycles. The van der Waals surface area contributed by atoms with Gasteiger partial charge in [0.2, 0.25) is 0 Å². The fourth-order valence-electron chi connectivity index (χ4n) is 2.86. The normalized spacial score (nSPS) is 16.3. The zero-order valence-electron chi connectivity index (χ0n) is 14.1. The van der Waals surface area contributed by atoms with Gasteiger partial charge in [-0.05, 0) is 24.3 Å². The van der Waals surface area contributed by atoms with Crippen LogP contribution >= 0.6 is 23.5 Å². The van der Waals surface area contributed by atoms with E-state index < -0.39 is 0 Å². The highest BCUT2D eigenvalue weighted by Crippen LogP contribution is 2.18. The van der Waals surface area contributed by atoms with Crippen molar-refractivity contribution in [2.24, 2.45) is 0 Å². The molecule has 128 valence electrons. The summed E-state index contributed by atoms with van der Waals surface area (Å²) in [5.74, 6) is 2.38. The number of thioether (sulfide) groups is 2. The standard InChI is InChI=1S/C20H26N2S2/c1-3-7-19(8-4-1)23-17-15-21-11-13-22(14-12-21)16-18-24-20-9-5-2-6-10-20/h1-10H,11-18H2. The molecule has 2 aromatic rings. The Morgan fingerprint density at radius 1 is 0.583 bits per heavy atom. The summed E-state index contributed by atoms with van der Waals surface area (Å²) in [4.78, 5) is 7.98. The number of hydrogen-bond donors (Lipinski definition) is 0. The highest BCUT2D eigenvalue weighted by molar-refractivity contribution is 7.99. The van der Waals surface area contributed by atoms with Crippen molar-refractivity contribution in [2.75, 3.05) is 50.8 Å². The Morgan fingerprint density at radius 2 is 0.958 bits per heavy atom. The van der Waals surface area contributed by atoms with Gasteiger partial charge in [0.25, 0.3) is 0 Å². The lowest BCUT2D eigenvalue weighted by molar-refractivity contribution is 0.144. The highest BCUT2D eigenvalue weighted by Gasteiger charge is 2.16. The summed E-state index contributed by atoms with van der Waals surface area (Å²) >= 11 is 3.94. The predicted molar refractivity (Wildman–Crippen MR) is 107 cm³/mol. The molecule has 0 atom stereocenters. The highest BCUT2D eigenvalue weighted by atomic mass is 32.2. The van der Waals surface area contributed by atoms with Gasteiger partial charge in [-0.1, -0.05) is 36.4 Å². The summed E-state index contributed by atoms with van der Waals surface area (Å²) in [5, 5.41) is 0. The third-order valence-electron chi connectivity index (χ3n) is 4.30. The van der Waals surface area contributed by atoms with E-state index in [9.17, 15) is 0 Å². The van der Waals surface area contributed by atoms with Gasteiger partial charge in [0.05, 0.1) is 0 Å². The second kappa shape index (κ2) is 10.1. The summed E-state index contributed by atoms with van der Waals surface area (Å²) in [6.07, 6.45) is 0. The molecule has 0 radical (unpaired) electrons. The molecule has 4 heteroatoms. The van der Waals surface area contributed by atoms with Gasteiger partial charge in [-0.25, -0.2) is 0 Å². The van der Waals surface area contributed by atoms with Gasteiger partial charge in [0.15, 0.2) is 0 Å². The lowest BCUT2D eigenvalue weighted by atomic mass is 10.3. The van der Waals surface area contributed by atoms with Crippen LogP contribution in [0.4, 0.5) is 0 Å². The average molecular weight is 359 g/mol. The van der Waals surface area contributed by atoms with Gasteiger partial charge in [0.1, 0.15) is 0 Å². The first-order valence-corrected chi connectivity index (χ1v) is 10.7. The van der Waals surface area contributed by atoms with E-state index in [1.807, 2.05) is 23.5 Å². The van der Waals surface area contributed by atoms with Crippen LogP contribution in [-0.2, 0) is 0 Å². The SMILES string of the molecule is c1ccc(SCCN2CCN(CCSc3ccccc3)CC2)cc1. The maximum absolute atomic E-state index is 2.61. The maximum Gasteiger partial charge on any atom is 0.0110 e. The van der Waals surface area contributed by atoms with Gasteiger partial charge in [-0.2, -0.15) is 0 Å². The monoisotopic (exact) mass is 358 g/mol. The van der Waals surface area contributed by atoms with Crippen LogP contribution in [-0.4, -0.2) is 60.6 Å². The number of benzene rings is 2. The second-order valence-electron chi connectivity index (χ2n) is 6.01. The van der Waals surface area contributed by atoms with E-state index in [-0.39, 0.29) is 0 Å². The Kier molecular flexibility index (Phi) is 7.55. The Morgan fingerprint density at radius 3 is 1.33 bits per heavy atom. The third-order valence-corrected chi connectivity index (χ3v) is 6.29. The molecule has 1 aliphatic rings. The van der Waals surface area contributed by atoms with Gasteiger partial charge in [-0.3, -0.25) is 9.80 Å². The van der Waals surface area contributed by atoms with Crippen molar-refractivity contribution < 1.29 is 0 Å². The van der Waals surface area contributed by atoms with Crippen molar-refractivity contribution in [1.29, 1.82) is 0 Å². The molecule has 1 aliphatic heterocycles. The summed E-state index contributed by atoms with van der Waals surface area (Å²) in [6.45, 7) is 7.26. The Hall–Kier alpha value is -0.940. The minimum absolute atomic E-state index is 1.19. The summed E-state index contributed by atoms with van der Waals surface area (Å²) in [6, 6.07) is 21.4. The quantitative estimate of drug-likeness (QED) is 0.653. The van der Waals surface area contributed by atoms with E-state index >= 15 is 0 Å². The van der Waals surface area contributed by atoms with Crippen LogP contribution in [0.2, 0.25) is 0 Å². The molecule has 1 heterocycles. The van der Waals surface area contributed by atoms with Crippen LogP contribution in [0.15, 0.2) is 70.5 Å². The van der Waals surface area contributed by atoms with E-state index in [1.54, 1.807) is 0 Å². The fraction of sp³-hybridized carbons (Fsp3) is 0.400. The second-order valence-corrected chi connectivity index (χ2v) is 8.34. The van der Waals surface area contributed by atoms with E-state index in [0.717, 1.165) is 0 Å². The van der Waals surface area contributed by atoms with Crippen molar-refractivity contribution in [3.8, 4) is 0 Å². The first kappa shape index (κ1) is 17.9. The van der Waals surface area contributed by atoms with Crippen LogP contribution < -0.4 is 0 Å². The zero-order chi connectivity index (χ0) is 16.5. The molecule has 0 unspecified atom stereocenters. The molecule has 0 amide bonds. The average Bonchev–Trinajstić information content (AvgIpc) is 2.65. The number of piperazine rings is 1. The molecule has 0 N–H and O–H groups in total. The molecule has 2 aromatic carbocycles. The molecule has 2 nitrogen and oxygen atoms in total. The van der Waals surface area contributed by atoms with Gasteiger partial charge in [0, 0.05) is 60.6 Å². The van der Waals surface area contributed by atoms with Gasteiger partial charge >= 0.3 is 0 Å². The molecule has 24 heavy (non-hydrogen) atoms. The molecule has 3 rings (SSSR count). The molecule has 1 fully saturated rings. The van der Waals surface area contributed by atoms with Crippen LogP contribution in [0.3, 0.4) is 0 Å². The maximum atomic E-state index is 2.61. The van der Waals surface area contributed by atoms with Crippen molar-refractivity contribution in [3.63, 3.8) is 0 Å². The van der Waals surface area contributed by atoms with E-state index in [2.05, 4.69) is 70.5 Å². The van der Waals surface area contributed by atoms with Crippen molar-refractivity contribution in [3.05, 3.63) is 60.7 Å². The summed E-state index contributed by atoms with van der Waals surface area (Å²) in [7, 11) is 0. The molecule has 0 aromatic heterocycles. The first-order chi connectivity index (χ1) is 11.9. The number of hydrogen-bond acceptors (Lipinski definition) is 4. The van der Waals surface area contributed by atoms with Crippen LogP contribution in [0.25, 0.3) is 0 Å². The fourth-order valence-corrected chi connectivity index (χ4v) is 4.72. The van der Waals surface area contributed by atoms with Gasteiger partial charge < -0.3 is 0 Å². The third kappa shape index (κ3) is 6.17. The van der Waals surface area contributed by atoms with Crippen LogP contribution in [0.1, 0.15) is 0 Å². The lowest BCUT2D eigenvalue weighted by Crippen LogP contribution is -2.47. The lowest BCUT2D eigenvalue weighted by Gasteiger charge is -2.34. The van der Waals surface area contributed by atoms with Crippen molar-refractivity contribution >= 4 is 23.5 Å². The van der Waals surface area contributed by atoms with Gasteiger partial charge in [-0.15, -0.1) is 23.5 Å². The zero-order valence-corrected chi connectivity index (χ0v) is 15.8. The van der Waals surface area contributed by atoms with Crippen molar-refractivity contribution in [2.45, 2.75) is 9.79 Å². The molecular weight excluding hydrogens is 332 g/mol. The first-order valence-electron chi connectivity index (χ1n) is 8.70. The largest absolute Gasteiger partial charge is 0.300 e.